The fraction of sp³-hybridized carbons (Fsp3) is 0.714. The molecule has 26 heavy (non-hydrogen) atoms. The van der Waals surface area contributed by atoms with Crippen molar-refractivity contribution in [2.75, 3.05) is 14.2 Å². The Bertz CT molecular complexity index is 496. The van der Waals surface area contributed by atoms with E-state index in [2.05, 4.69) is 6.92 Å². The van der Waals surface area contributed by atoms with Gasteiger partial charge in [0.1, 0.15) is 11.6 Å². The van der Waals surface area contributed by atoms with Crippen LogP contribution in [0.5, 0.6) is 0 Å². The van der Waals surface area contributed by atoms with Gasteiger partial charge in [-0.15, -0.1) is 0 Å². The van der Waals surface area contributed by atoms with Crippen molar-refractivity contribution in [3.05, 3.63) is 35.4 Å². The maximum Gasteiger partial charge on any atom is 0.289 e. The molecule has 3 nitrogen and oxygen atoms in total. The molecular weight excluding hydrogens is 338 g/mol. The van der Waals surface area contributed by atoms with Crippen LogP contribution in [-0.4, -0.2) is 26.3 Å². The lowest BCUT2D eigenvalue weighted by molar-refractivity contribution is -0.385. The molecule has 1 aromatic carbocycles. The first kappa shape index (κ1) is 23.0. The van der Waals surface area contributed by atoms with Crippen molar-refractivity contribution >= 4 is 0 Å². The van der Waals surface area contributed by atoms with Gasteiger partial charge < -0.3 is 14.2 Å². The van der Waals surface area contributed by atoms with E-state index in [-0.39, 0.29) is 6.10 Å². The number of benzene rings is 1. The summed E-state index contributed by atoms with van der Waals surface area (Å²) in [6.45, 7) is 5.94. The van der Waals surface area contributed by atoms with E-state index in [1.54, 1.807) is 0 Å². The van der Waals surface area contributed by atoms with E-state index in [0.29, 0.717) is 12.0 Å². The molecule has 0 aliphatic heterocycles. The molecule has 0 bridgehead atoms. The summed E-state index contributed by atoms with van der Waals surface area (Å²) in [5.41, 5.74) is 0.486. The van der Waals surface area contributed by atoms with Crippen LogP contribution in [0.1, 0.15) is 77.2 Å². The zero-order chi connectivity index (χ0) is 19.6. The van der Waals surface area contributed by atoms with Crippen molar-refractivity contribution < 1.29 is 23.0 Å². The van der Waals surface area contributed by atoms with Crippen LogP contribution in [0.15, 0.2) is 18.2 Å². The molecular formula is C21H34F2O3. The third-order valence-electron chi connectivity index (χ3n) is 4.53. The van der Waals surface area contributed by atoms with Gasteiger partial charge >= 0.3 is 0 Å². The standard InChI is InChI=1S/C21H34F2O3/c1-6-7-8-9-10-11-12-20(17-13-18(22)15-19(23)14-17)21(24-4,25-5)26-16(2)3/h13-16,20H,6-12H2,1-5H3. The fourth-order valence-corrected chi connectivity index (χ4v) is 3.33. The van der Waals surface area contributed by atoms with Gasteiger partial charge in [0.05, 0.1) is 12.0 Å². The van der Waals surface area contributed by atoms with Crippen molar-refractivity contribution in [1.82, 2.24) is 0 Å². The first-order valence-electron chi connectivity index (χ1n) is 9.62. The predicted octanol–water partition coefficient (Wildman–Crippen LogP) is 6.17. The van der Waals surface area contributed by atoms with Gasteiger partial charge in [-0.2, -0.15) is 0 Å². The predicted molar refractivity (Wildman–Crippen MR) is 100 cm³/mol. The quantitative estimate of drug-likeness (QED) is 0.306. The van der Waals surface area contributed by atoms with E-state index in [4.69, 9.17) is 14.2 Å². The summed E-state index contributed by atoms with van der Waals surface area (Å²) in [5, 5.41) is 0. The lowest BCUT2D eigenvalue weighted by Gasteiger charge is -2.39. The lowest BCUT2D eigenvalue weighted by Crippen LogP contribution is -2.45. The zero-order valence-corrected chi connectivity index (χ0v) is 16.8. The van der Waals surface area contributed by atoms with E-state index in [9.17, 15) is 8.78 Å². The van der Waals surface area contributed by atoms with Gasteiger partial charge in [-0.3, -0.25) is 0 Å². The molecule has 150 valence electrons. The number of hydrogen-bond acceptors (Lipinski definition) is 3. The second kappa shape index (κ2) is 11.6. The summed E-state index contributed by atoms with van der Waals surface area (Å²) in [4.78, 5) is 0. The minimum Gasteiger partial charge on any atom is -0.330 e. The molecule has 1 rings (SSSR count). The number of rotatable bonds is 13. The molecule has 0 fully saturated rings. The van der Waals surface area contributed by atoms with E-state index in [1.165, 1.54) is 45.6 Å². The van der Waals surface area contributed by atoms with E-state index in [1.807, 2.05) is 13.8 Å². The summed E-state index contributed by atoms with van der Waals surface area (Å²) >= 11 is 0. The summed E-state index contributed by atoms with van der Waals surface area (Å²) in [5.74, 6) is -3.04. The monoisotopic (exact) mass is 372 g/mol. The second-order valence-electron chi connectivity index (χ2n) is 6.99. The molecule has 0 spiro atoms. The number of halogens is 2. The highest BCUT2D eigenvalue weighted by molar-refractivity contribution is 5.23. The summed E-state index contributed by atoms with van der Waals surface area (Å²) in [7, 11) is 2.99. The molecule has 0 aromatic heterocycles. The van der Waals surface area contributed by atoms with Crippen LogP contribution in [0, 0.1) is 11.6 Å². The van der Waals surface area contributed by atoms with Crippen molar-refractivity contribution in [1.29, 1.82) is 0 Å². The van der Waals surface area contributed by atoms with Gasteiger partial charge in [-0.25, -0.2) is 8.78 Å². The topological polar surface area (TPSA) is 27.7 Å². The average molecular weight is 372 g/mol. The molecule has 1 aromatic rings. The van der Waals surface area contributed by atoms with Crippen LogP contribution in [-0.2, 0) is 14.2 Å². The van der Waals surface area contributed by atoms with E-state index in [0.717, 1.165) is 25.3 Å². The minimum atomic E-state index is -1.38. The third-order valence-corrected chi connectivity index (χ3v) is 4.53. The maximum atomic E-state index is 13.8. The van der Waals surface area contributed by atoms with Gasteiger partial charge in [0.25, 0.3) is 5.97 Å². The molecule has 0 N–H and O–H groups in total. The van der Waals surface area contributed by atoms with Crippen molar-refractivity contribution in [2.24, 2.45) is 0 Å². The molecule has 0 amide bonds. The number of hydrogen-bond donors (Lipinski definition) is 0. The first-order valence-corrected chi connectivity index (χ1v) is 9.62. The minimum absolute atomic E-state index is 0.166. The Hall–Kier alpha value is -1.04. The zero-order valence-electron chi connectivity index (χ0n) is 16.8. The molecule has 1 unspecified atom stereocenters. The van der Waals surface area contributed by atoms with Gasteiger partial charge in [-0.1, -0.05) is 45.4 Å². The highest BCUT2D eigenvalue weighted by Gasteiger charge is 2.43. The van der Waals surface area contributed by atoms with Crippen LogP contribution in [0.4, 0.5) is 8.78 Å². The molecule has 0 aliphatic rings. The van der Waals surface area contributed by atoms with Crippen molar-refractivity contribution in [3.8, 4) is 0 Å². The van der Waals surface area contributed by atoms with Crippen molar-refractivity contribution in [2.45, 2.75) is 83.7 Å². The average Bonchev–Trinajstić information content (AvgIpc) is 2.58. The van der Waals surface area contributed by atoms with Gasteiger partial charge in [0, 0.05) is 20.3 Å². The smallest absolute Gasteiger partial charge is 0.289 e. The van der Waals surface area contributed by atoms with Crippen LogP contribution < -0.4 is 0 Å². The maximum absolute atomic E-state index is 13.8. The molecule has 0 saturated carbocycles. The Labute approximate surface area is 157 Å². The molecule has 0 radical (unpaired) electrons. The first-order chi connectivity index (χ1) is 12.4. The molecule has 0 saturated heterocycles. The Balaban J connectivity index is 3.03. The number of ether oxygens (including phenoxy) is 3. The lowest BCUT2D eigenvalue weighted by atomic mass is 9.90. The van der Waals surface area contributed by atoms with Gasteiger partial charge in [-0.05, 0) is 38.0 Å². The Morgan fingerprint density at radius 1 is 0.885 bits per heavy atom. The summed E-state index contributed by atoms with van der Waals surface area (Å²) in [6.07, 6.45) is 7.23. The van der Waals surface area contributed by atoms with Gasteiger partial charge in [0.15, 0.2) is 0 Å². The van der Waals surface area contributed by atoms with E-state index < -0.39 is 23.5 Å². The van der Waals surface area contributed by atoms with Crippen LogP contribution >= 0.6 is 0 Å². The molecule has 5 heteroatoms. The Morgan fingerprint density at radius 2 is 1.42 bits per heavy atom. The second-order valence-corrected chi connectivity index (χ2v) is 6.99. The fourth-order valence-electron chi connectivity index (χ4n) is 3.33. The molecule has 0 aliphatic carbocycles. The van der Waals surface area contributed by atoms with Gasteiger partial charge in [0.2, 0.25) is 0 Å². The van der Waals surface area contributed by atoms with Crippen LogP contribution in [0.25, 0.3) is 0 Å². The largest absolute Gasteiger partial charge is 0.330 e. The van der Waals surface area contributed by atoms with Crippen LogP contribution in [0.3, 0.4) is 0 Å². The number of unbranched alkanes of at least 4 members (excludes halogenated alkanes) is 5. The van der Waals surface area contributed by atoms with Crippen molar-refractivity contribution in [3.63, 3.8) is 0 Å². The normalized spacial score (nSPS) is 13.4. The van der Waals surface area contributed by atoms with E-state index >= 15 is 0 Å². The highest BCUT2D eigenvalue weighted by atomic mass is 19.1. The summed E-state index contributed by atoms with van der Waals surface area (Å²) in [6, 6.07) is 3.54. The Morgan fingerprint density at radius 3 is 1.92 bits per heavy atom. The highest BCUT2D eigenvalue weighted by Crippen LogP contribution is 2.39. The third kappa shape index (κ3) is 6.93. The summed E-state index contributed by atoms with van der Waals surface area (Å²) < 4.78 is 44.8. The van der Waals surface area contributed by atoms with Crippen LogP contribution in [0.2, 0.25) is 0 Å². The number of methoxy groups -OCH3 is 2. The molecule has 0 heterocycles. The SMILES string of the molecule is CCCCCCCCC(c1cc(F)cc(F)c1)C(OC)(OC)OC(C)C. The Kier molecular flexibility index (Phi) is 10.3. The molecule has 1 atom stereocenters.